The molecule has 0 radical (unpaired) electrons. The maximum absolute atomic E-state index is 6.73. The second kappa shape index (κ2) is 5.26. The summed E-state index contributed by atoms with van der Waals surface area (Å²) in [5.74, 6) is 0. The normalized spacial score (nSPS) is 15.1. The number of rotatable bonds is 2. The lowest BCUT2D eigenvalue weighted by Crippen LogP contribution is -2.49. The molecule has 1 rings (SSSR count). The summed E-state index contributed by atoms with van der Waals surface area (Å²) in [6.07, 6.45) is 0. The Hall–Kier alpha value is -0.100. The second-order valence-corrected chi connectivity index (χ2v) is 8.65. The monoisotopic (exact) mass is 271 g/mol. The van der Waals surface area contributed by atoms with Gasteiger partial charge in [0.2, 0.25) is 0 Å². The number of hydrogen-bond acceptors (Lipinski definition) is 1. The molecule has 0 fully saturated rings. The van der Waals surface area contributed by atoms with Crippen molar-refractivity contribution in [2.24, 2.45) is 0 Å². The quantitative estimate of drug-likeness (QED) is 0.701. The van der Waals surface area contributed by atoms with Gasteiger partial charge in [-0.2, -0.15) is 0 Å². The second-order valence-electron chi connectivity index (χ2n) is 6.25. The third-order valence-corrected chi connectivity index (χ3v) is 5.73. The molecule has 0 spiro atoms. The van der Waals surface area contributed by atoms with Gasteiger partial charge in [-0.05, 0) is 41.5 Å². The molecule has 1 unspecified atom stereocenters. The first-order valence-corrected chi connectivity index (χ1v) is 8.15. The molecule has 0 aliphatic carbocycles. The number of halogens is 1. The Kier molecular flexibility index (Phi) is 4.63. The van der Waals surface area contributed by atoms with Gasteiger partial charge in [-0.1, -0.05) is 41.6 Å². The maximum atomic E-state index is 6.73. The Morgan fingerprint density at radius 2 is 1.29 bits per heavy atom. The molecule has 0 bridgehead atoms. The maximum Gasteiger partial charge on any atom is 0.0955 e. The highest BCUT2D eigenvalue weighted by Gasteiger charge is 2.37. The van der Waals surface area contributed by atoms with Crippen LogP contribution in [0.5, 0.6) is 0 Å². The summed E-state index contributed by atoms with van der Waals surface area (Å²) in [6.45, 7) is 13.3. The molecular formula is C14H23ClNP. The van der Waals surface area contributed by atoms with Crippen molar-refractivity contribution in [3.63, 3.8) is 0 Å². The van der Waals surface area contributed by atoms with Crippen LogP contribution in [0, 0.1) is 0 Å². The van der Waals surface area contributed by atoms with Gasteiger partial charge in [0.05, 0.1) is 7.43 Å². The number of benzene rings is 1. The van der Waals surface area contributed by atoms with Crippen molar-refractivity contribution in [3.8, 4) is 0 Å². The van der Waals surface area contributed by atoms with Gasteiger partial charge < -0.3 is 0 Å². The van der Waals surface area contributed by atoms with Crippen LogP contribution in [-0.2, 0) is 0 Å². The van der Waals surface area contributed by atoms with E-state index in [9.17, 15) is 0 Å². The predicted molar refractivity (Wildman–Crippen MR) is 80.2 cm³/mol. The lowest BCUT2D eigenvalue weighted by atomic mass is 10.0. The highest BCUT2D eigenvalue weighted by molar-refractivity contribution is 7.88. The minimum Gasteiger partial charge on any atom is -0.256 e. The lowest BCUT2D eigenvalue weighted by molar-refractivity contribution is 0.152. The minimum atomic E-state index is -0.810. The van der Waals surface area contributed by atoms with Gasteiger partial charge in [0.15, 0.2) is 0 Å². The van der Waals surface area contributed by atoms with Gasteiger partial charge in [-0.3, -0.25) is 4.67 Å². The van der Waals surface area contributed by atoms with Crippen molar-refractivity contribution in [2.45, 2.75) is 52.6 Å². The van der Waals surface area contributed by atoms with Crippen LogP contribution in [0.25, 0.3) is 0 Å². The molecule has 1 nitrogen and oxygen atoms in total. The highest BCUT2D eigenvalue weighted by atomic mass is 35.7. The van der Waals surface area contributed by atoms with Gasteiger partial charge >= 0.3 is 0 Å². The van der Waals surface area contributed by atoms with Crippen LogP contribution in [0.2, 0.25) is 0 Å². The molecule has 0 saturated carbocycles. The van der Waals surface area contributed by atoms with Gasteiger partial charge in [0.1, 0.15) is 0 Å². The van der Waals surface area contributed by atoms with Gasteiger partial charge in [0.25, 0.3) is 0 Å². The van der Waals surface area contributed by atoms with E-state index in [2.05, 4.69) is 70.5 Å². The van der Waals surface area contributed by atoms with Crippen molar-refractivity contribution >= 4 is 24.0 Å². The largest absolute Gasteiger partial charge is 0.256 e. The summed E-state index contributed by atoms with van der Waals surface area (Å²) in [4.78, 5) is 0. The Morgan fingerprint density at radius 3 is 1.65 bits per heavy atom. The summed E-state index contributed by atoms with van der Waals surface area (Å²) in [6, 6.07) is 10.4. The zero-order valence-electron chi connectivity index (χ0n) is 11.7. The van der Waals surface area contributed by atoms with Crippen LogP contribution >= 0.6 is 18.7 Å². The third kappa shape index (κ3) is 3.95. The molecule has 0 aliphatic heterocycles. The highest BCUT2D eigenvalue weighted by Crippen LogP contribution is 2.52. The van der Waals surface area contributed by atoms with Crippen molar-refractivity contribution in [3.05, 3.63) is 30.3 Å². The predicted octanol–water partition coefficient (Wildman–Crippen LogP) is 4.76. The van der Waals surface area contributed by atoms with E-state index in [1.165, 1.54) is 5.30 Å². The first-order valence-electron chi connectivity index (χ1n) is 5.95. The van der Waals surface area contributed by atoms with Gasteiger partial charge in [-0.25, -0.2) is 0 Å². The van der Waals surface area contributed by atoms with Crippen LogP contribution in [0.3, 0.4) is 0 Å². The van der Waals surface area contributed by atoms with Crippen LogP contribution in [0.15, 0.2) is 30.3 Å². The summed E-state index contributed by atoms with van der Waals surface area (Å²) in [5.41, 5.74) is 0.114. The molecule has 0 aromatic heterocycles. The van der Waals surface area contributed by atoms with Gasteiger partial charge in [-0.15, -0.1) is 0 Å². The first kappa shape index (κ1) is 15.0. The summed E-state index contributed by atoms with van der Waals surface area (Å²) < 4.78 is 2.41. The van der Waals surface area contributed by atoms with E-state index in [1.54, 1.807) is 0 Å². The molecule has 0 aliphatic rings. The van der Waals surface area contributed by atoms with Crippen molar-refractivity contribution in [1.29, 1.82) is 0 Å². The zero-order valence-corrected chi connectivity index (χ0v) is 13.3. The molecule has 0 saturated heterocycles. The zero-order chi connectivity index (χ0) is 13.3. The smallest absolute Gasteiger partial charge is 0.0955 e. The van der Waals surface area contributed by atoms with E-state index in [4.69, 9.17) is 11.2 Å². The topological polar surface area (TPSA) is 3.24 Å². The molecule has 0 amide bonds. The van der Waals surface area contributed by atoms with Crippen LogP contribution in [0.1, 0.15) is 41.5 Å². The Balaban J connectivity index is 3.09. The average molecular weight is 272 g/mol. The molecule has 3 heteroatoms. The van der Waals surface area contributed by atoms with Gasteiger partial charge in [0, 0.05) is 16.4 Å². The average Bonchev–Trinajstić information content (AvgIpc) is 2.14. The number of nitrogens with zero attached hydrogens (tertiary/aromatic N) is 1. The fraction of sp³-hybridized carbons (Fsp3) is 0.571. The summed E-state index contributed by atoms with van der Waals surface area (Å²) in [5, 5.41) is 1.22. The Labute approximate surface area is 112 Å². The molecule has 1 aromatic carbocycles. The molecule has 0 N–H and O–H groups in total. The molecule has 17 heavy (non-hydrogen) atoms. The van der Waals surface area contributed by atoms with Crippen molar-refractivity contribution in [1.82, 2.24) is 4.67 Å². The molecule has 1 aromatic rings. The van der Waals surface area contributed by atoms with E-state index < -0.39 is 7.43 Å². The van der Waals surface area contributed by atoms with Crippen LogP contribution < -0.4 is 5.30 Å². The first-order chi connectivity index (χ1) is 7.64. The SMILES string of the molecule is CC(C)(C)N(P(Cl)c1ccccc1)C(C)(C)C. The van der Waals surface area contributed by atoms with Crippen molar-refractivity contribution < 1.29 is 0 Å². The Bertz CT molecular complexity index is 337. The van der Waals surface area contributed by atoms with Crippen LogP contribution in [-0.4, -0.2) is 15.7 Å². The van der Waals surface area contributed by atoms with Crippen LogP contribution in [0.4, 0.5) is 0 Å². The third-order valence-electron chi connectivity index (χ3n) is 2.42. The van der Waals surface area contributed by atoms with Crippen molar-refractivity contribution in [2.75, 3.05) is 0 Å². The fourth-order valence-corrected chi connectivity index (χ4v) is 5.60. The molecule has 96 valence electrons. The molecule has 1 atom stereocenters. The van der Waals surface area contributed by atoms with E-state index in [0.717, 1.165) is 0 Å². The standard InChI is InChI=1S/C14H23ClNP/c1-13(2,3)16(14(4,5)6)17(15)12-10-8-7-9-11-12/h7-11H,1-6H3. The van der Waals surface area contributed by atoms with E-state index in [-0.39, 0.29) is 11.1 Å². The van der Waals surface area contributed by atoms with E-state index in [0.29, 0.717) is 0 Å². The summed E-state index contributed by atoms with van der Waals surface area (Å²) >= 11 is 6.73. The van der Waals surface area contributed by atoms with E-state index >= 15 is 0 Å². The summed E-state index contributed by atoms with van der Waals surface area (Å²) in [7, 11) is -0.810. The van der Waals surface area contributed by atoms with E-state index in [1.807, 2.05) is 6.07 Å². The lowest BCUT2D eigenvalue weighted by Gasteiger charge is -2.47. The number of hydrogen-bond donors (Lipinski definition) is 0. The molecule has 0 heterocycles. The molecular weight excluding hydrogens is 249 g/mol. The minimum absolute atomic E-state index is 0.0571. The Morgan fingerprint density at radius 1 is 0.882 bits per heavy atom. The fourth-order valence-electron chi connectivity index (χ4n) is 2.20.